The summed E-state index contributed by atoms with van der Waals surface area (Å²) in [5.74, 6) is 0.906. The lowest BCUT2D eigenvalue weighted by Crippen LogP contribution is -2.40. The van der Waals surface area contributed by atoms with Crippen molar-refractivity contribution in [2.45, 2.75) is 46.1 Å². The summed E-state index contributed by atoms with van der Waals surface area (Å²) in [7, 11) is 0. The Balaban J connectivity index is 1.94. The molecular formula is C18H30N2. The zero-order chi connectivity index (χ0) is 14.6. The van der Waals surface area contributed by atoms with Gasteiger partial charge in [0.2, 0.25) is 0 Å². The molecule has 2 atom stereocenters. The average Bonchev–Trinajstić information content (AvgIpc) is 2.86. The normalized spacial score (nSPS) is 22.1. The molecule has 2 unspecified atom stereocenters. The van der Waals surface area contributed by atoms with Crippen LogP contribution in [-0.2, 0) is 0 Å². The topological polar surface area (TPSA) is 29.3 Å². The molecule has 112 valence electrons. The molecule has 0 aliphatic carbocycles. The second-order valence-corrected chi connectivity index (χ2v) is 7.06. The van der Waals surface area contributed by atoms with E-state index < -0.39 is 0 Å². The molecule has 20 heavy (non-hydrogen) atoms. The van der Waals surface area contributed by atoms with Crippen molar-refractivity contribution >= 4 is 0 Å². The molecular weight excluding hydrogens is 244 g/mol. The maximum Gasteiger partial charge on any atom is 0.0359 e. The maximum absolute atomic E-state index is 6.52. The van der Waals surface area contributed by atoms with E-state index in [0.29, 0.717) is 0 Å². The van der Waals surface area contributed by atoms with Gasteiger partial charge in [0.1, 0.15) is 0 Å². The first kappa shape index (κ1) is 15.5. The van der Waals surface area contributed by atoms with Crippen molar-refractivity contribution in [2.24, 2.45) is 17.1 Å². The van der Waals surface area contributed by atoms with Gasteiger partial charge in [0.05, 0.1) is 0 Å². The molecule has 0 spiro atoms. The van der Waals surface area contributed by atoms with Gasteiger partial charge in [0.25, 0.3) is 0 Å². The fraction of sp³-hybridized carbons (Fsp3) is 0.667. The number of likely N-dealkylation sites (tertiary alicyclic amines) is 1. The van der Waals surface area contributed by atoms with Crippen molar-refractivity contribution in [3.63, 3.8) is 0 Å². The summed E-state index contributed by atoms with van der Waals surface area (Å²) >= 11 is 0. The van der Waals surface area contributed by atoms with Crippen molar-refractivity contribution in [1.29, 1.82) is 0 Å². The Morgan fingerprint density at radius 2 is 2.00 bits per heavy atom. The lowest BCUT2D eigenvalue weighted by atomic mass is 9.80. The van der Waals surface area contributed by atoms with Gasteiger partial charge in [-0.3, -0.25) is 0 Å². The largest absolute Gasteiger partial charge is 0.323 e. The Labute approximate surface area is 124 Å². The zero-order valence-electron chi connectivity index (χ0n) is 13.3. The summed E-state index contributed by atoms with van der Waals surface area (Å²) in [4.78, 5) is 2.61. The Morgan fingerprint density at radius 1 is 1.30 bits per heavy atom. The van der Waals surface area contributed by atoms with E-state index in [2.05, 4.69) is 56.0 Å². The molecule has 1 aliphatic heterocycles. The molecule has 1 saturated heterocycles. The number of nitrogens with zero attached hydrogens (tertiary/aromatic N) is 1. The van der Waals surface area contributed by atoms with E-state index >= 15 is 0 Å². The van der Waals surface area contributed by atoms with Gasteiger partial charge in [-0.1, -0.05) is 57.5 Å². The van der Waals surface area contributed by atoms with Crippen LogP contribution in [0.5, 0.6) is 0 Å². The Hall–Kier alpha value is -0.860. The highest BCUT2D eigenvalue weighted by Crippen LogP contribution is 2.34. The van der Waals surface area contributed by atoms with Crippen LogP contribution in [0, 0.1) is 11.3 Å². The van der Waals surface area contributed by atoms with Gasteiger partial charge in [-0.15, -0.1) is 0 Å². The van der Waals surface area contributed by atoms with Gasteiger partial charge >= 0.3 is 0 Å². The monoisotopic (exact) mass is 274 g/mol. The summed E-state index contributed by atoms with van der Waals surface area (Å²) < 4.78 is 0. The molecule has 0 aromatic heterocycles. The van der Waals surface area contributed by atoms with Gasteiger partial charge < -0.3 is 10.6 Å². The average molecular weight is 274 g/mol. The molecule has 2 rings (SSSR count). The van der Waals surface area contributed by atoms with Crippen molar-refractivity contribution in [3.8, 4) is 0 Å². The molecule has 0 amide bonds. The van der Waals surface area contributed by atoms with Gasteiger partial charge in [0, 0.05) is 19.1 Å². The third-order valence-corrected chi connectivity index (χ3v) is 4.70. The van der Waals surface area contributed by atoms with E-state index in [1.54, 1.807) is 0 Å². The third kappa shape index (κ3) is 3.83. The van der Waals surface area contributed by atoms with Crippen LogP contribution < -0.4 is 5.73 Å². The van der Waals surface area contributed by atoms with Crippen molar-refractivity contribution < 1.29 is 0 Å². The number of hydrogen-bond acceptors (Lipinski definition) is 2. The summed E-state index contributed by atoms with van der Waals surface area (Å²) in [6.45, 7) is 10.5. The molecule has 1 aliphatic rings. The van der Waals surface area contributed by atoms with E-state index in [1.807, 2.05) is 0 Å². The SMILES string of the molecule is CCCC1CCN(CC(C)(C)C(N)c2ccccc2)C1. The second-order valence-electron chi connectivity index (χ2n) is 7.06. The molecule has 1 aromatic rings. The molecule has 2 nitrogen and oxygen atoms in total. The van der Waals surface area contributed by atoms with Crippen molar-refractivity contribution in [3.05, 3.63) is 35.9 Å². The standard InChI is InChI=1S/C18H30N2/c1-4-8-15-11-12-20(13-15)14-18(2,3)17(19)16-9-6-5-7-10-16/h5-7,9-10,15,17H,4,8,11-14,19H2,1-3H3. The smallest absolute Gasteiger partial charge is 0.0359 e. The minimum absolute atomic E-state index is 0.105. The minimum Gasteiger partial charge on any atom is -0.323 e. The highest BCUT2D eigenvalue weighted by atomic mass is 15.2. The van der Waals surface area contributed by atoms with Crippen LogP contribution in [0.25, 0.3) is 0 Å². The Morgan fingerprint density at radius 3 is 2.65 bits per heavy atom. The summed E-state index contributed by atoms with van der Waals surface area (Å²) in [6.07, 6.45) is 4.05. The summed E-state index contributed by atoms with van der Waals surface area (Å²) in [5, 5.41) is 0. The number of benzene rings is 1. The van der Waals surface area contributed by atoms with E-state index in [4.69, 9.17) is 5.73 Å². The van der Waals surface area contributed by atoms with Crippen LogP contribution in [0.4, 0.5) is 0 Å². The van der Waals surface area contributed by atoms with Crippen LogP contribution in [0.3, 0.4) is 0 Å². The number of hydrogen-bond donors (Lipinski definition) is 1. The number of rotatable bonds is 6. The molecule has 0 saturated carbocycles. The lowest BCUT2D eigenvalue weighted by Gasteiger charge is -2.35. The highest BCUT2D eigenvalue weighted by molar-refractivity contribution is 5.20. The van der Waals surface area contributed by atoms with E-state index in [-0.39, 0.29) is 11.5 Å². The van der Waals surface area contributed by atoms with E-state index in [9.17, 15) is 0 Å². The van der Waals surface area contributed by atoms with Crippen LogP contribution in [-0.4, -0.2) is 24.5 Å². The molecule has 1 heterocycles. The van der Waals surface area contributed by atoms with Gasteiger partial charge in [-0.2, -0.15) is 0 Å². The van der Waals surface area contributed by atoms with Gasteiger partial charge in [0.15, 0.2) is 0 Å². The van der Waals surface area contributed by atoms with E-state index in [1.165, 1.54) is 37.9 Å². The molecule has 1 aromatic carbocycles. The Bertz CT molecular complexity index is 399. The van der Waals surface area contributed by atoms with Crippen LogP contribution in [0.15, 0.2) is 30.3 Å². The summed E-state index contributed by atoms with van der Waals surface area (Å²) in [6, 6.07) is 10.6. The quantitative estimate of drug-likeness (QED) is 0.854. The predicted molar refractivity (Wildman–Crippen MR) is 86.6 cm³/mol. The third-order valence-electron chi connectivity index (χ3n) is 4.70. The lowest BCUT2D eigenvalue weighted by molar-refractivity contribution is 0.172. The van der Waals surface area contributed by atoms with E-state index in [0.717, 1.165) is 12.5 Å². The predicted octanol–water partition coefficient (Wildman–Crippen LogP) is 3.83. The molecule has 0 radical (unpaired) electrons. The van der Waals surface area contributed by atoms with Crippen LogP contribution in [0.2, 0.25) is 0 Å². The van der Waals surface area contributed by atoms with Gasteiger partial charge in [-0.05, 0) is 36.3 Å². The van der Waals surface area contributed by atoms with Crippen molar-refractivity contribution in [1.82, 2.24) is 4.90 Å². The van der Waals surface area contributed by atoms with Crippen molar-refractivity contribution in [2.75, 3.05) is 19.6 Å². The van der Waals surface area contributed by atoms with Crippen LogP contribution in [0.1, 0.15) is 51.6 Å². The first-order valence-electron chi connectivity index (χ1n) is 8.06. The van der Waals surface area contributed by atoms with Crippen LogP contribution >= 0.6 is 0 Å². The maximum atomic E-state index is 6.52. The molecule has 1 fully saturated rings. The minimum atomic E-state index is 0.105. The fourth-order valence-corrected chi connectivity index (χ4v) is 3.49. The summed E-state index contributed by atoms with van der Waals surface area (Å²) in [5.41, 5.74) is 7.88. The first-order valence-corrected chi connectivity index (χ1v) is 8.06. The molecule has 0 bridgehead atoms. The molecule has 2 heteroatoms. The first-order chi connectivity index (χ1) is 9.53. The number of nitrogens with two attached hydrogens (primary N) is 1. The highest BCUT2D eigenvalue weighted by Gasteiger charge is 2.32. The second kappa shape index (κ2) is 6.73. The zero-order valence-corrected chi connectivity index (χ0v) is 13.3. The Kier molecular flexibility index (Phi) is 5.22. The van der Waals surface area contributed by atoms with Gasteiger partial charge in [-0.25, -0.2) is 0 Å². The molecule has 2 N–H and O–H groups in total. The fourth-order valence-electron chi connectivity index (χ4n) is 3.49.